The van der Waals surface area contributed by atoms with Gasteiger partial charge in [-0.3, -0.25) is 9.48 Å². The lowest BCUT2D eigenvalue weighted by Crippen LogP contribution is -2.22. The molecule has 2 aromatic carbocycles. The third kappa shape index (κ3) is 4.52. The third-order valence-corrected chi connectivity index (χ3v) is 4.66. The van der Waals surface area contributed by atoms with Crippen molar-refractivity contribution in [2.24, 2.45) is 7.05 Å². The van der Waals surface area contributed by atoms with Crippen LogP contribution >= 0.6 is 15.9 Å². The van der Waals surface area contributed by atoms with Gasteiger partial charge in [0, 0.05) is 30.9 Å². The third-order valence-electron chi connectivity index (χ3n) is 4.00. The molecular weight excluding hydrogens is 394 g/mol. The summed E-state index contributed by atoms with van der Waals surface area (Å²) in [5.41, 5.74) is 3.56. The molecule has 0 fully saturated rings. The number of carbonyl (C=O) groups excluding carboxylic acids is 1. The summed E-state index contributed by atoms with van der Waals surface area (Å²) in [6.07, 6.45) is 1.91. The van der Waals surface area contributed by atoms with Gasteiger partial charge in [0.25, 0.3) is 5.91 Å². The zero-order valence-corrected chi connectivity index (χ0v) is 16.3. The van der Waals surface area contributed by atoms with E-state index in [0.717, 1.165) is 27.0 Å². The Morgan fingerprint density at radius 1 is 1.19 bits per heavy atom. The zero-order valence-electron chi connectivity index (χ0n) is 14.7. The predicted octanol–water partition coefficient (Wildman–Crippen LogP) is 4.00. The molecule has 0 spiro atoms. The quantitative estimate of drug-likeness (QED) is 0.664. The lowest BCUT2D eigenvalue weighted by molar-refractivity contribution is 0.0951. The predicted molar refractivity (Wildman–Crippen MR) is 104 cm³/mol. The Morgan fingerprint density at radius 3 is 2.58 bits per heavy atom. The smallest absolute Gasteiger partial charge is 0.251 e. The number of aromatic nitrogens is 2. The molecule has 5 nitrogen and oxygen atoms in total. The lowest BCUT2D eigenvalue weighted by atomic mass is 10.1. The number of amides is 1. The molecule has 0 radical (unpaired) electrons. The van der Waals surface area contributed by atoms with Gasteiger partial charge in [0.2, 0.25) is 0 Å². The van der Waals surface area contributed by atoms with Crippen molar-refractivity contribution in [1.29, 1.82) is 0 Å². The van der Waals surface area contributed by atoms with E-state index >= 15 is 0 Å². The summed E-state index contributed by atoms with van der Waals surface area (Å²) >= 11 is 3.46. The minimum Gasteiger partial charge on any atom is -0.488 e. The van der Waals surface area contributed by atoms with Crippen LogP contribution in [0.1, 0.15) is 27.2 Å². The molecule has 0 unspecified atom stereocenters. The van der Waals surface area contributed by atoms with Gasteiger partial charge in [-0.1, -0.05) is 24.3 Å². The fourth-order valence-electron chi connectivity index (χ4n) is 2.57. The van der Waals surface area contributed by atoms with E-state index < -0.39 is 0 Å². The SMILES string of the molecule is Cc1nn(C)cc1CNC(=O)c1ccc(COc2ccccc2Br)cc1. The van der Waals surface area contributed by atoms with Gasteiger partial charge in [-0.15, -0.1) is 0 Å². The Bertz CT molecular complexity index is 904. The van der Waals surface area contributed by atoms with Crippen molar-refractivity contribution in [1.82, 2.24) is 15.1 Å². The number of nitrogens with one attached hydrogen (secondary N) is 1. The van der Waals surface area contributed by atoms with Crippen molar-refractivity contribution in [3.05, 3.63) is 81.6 Å². The topological polar surface area (TPSA) is 56.2 Å². The summed E-state index contributed by atoms with van der Waals surface area (Å²) in [4.78, 5) is 12.3. The van der Waals surface area contributed by atoms with Gasteiger partial charge in [0.1, 0.15) is 12.4 Å². The number of para-hydroxylation sites is 1. The number of nitrogens with zero attached hydrogens (tertiary/aromatic N) is 2. The summed E-state index contributed by atoms with van der Waals surface area (Å²) in [5, 5.41) is 7.20. The maximum atomic E-state index is 12.3. The molecule has 0 saturated heterocycles. The Morgan fingerprint density at radius 2 is 1.92 bits per heavy atom. The molecule has 0 aliphatic carbocycles. The molecule has 1 amide bonds. The summed E-state index contributed by atoms with van der Waals surface area (Å²) in [7, 11) is 1.87. The molecule has 134 valence electrons. The molecule has 0 atom stereocenters. The minimum absolute atomic E-state index is 0.105. The van der Waals surface area contributed by atoms with Gasteiger partial charge in [0.15, 0.2) is 0 Å². The highest BCUT2D eigenvalue weighted by Crippen LogP contribution is 2.24. The Balaban J connectivity index is 1.56. The average Bonchev–Trinajstić information content (AvgIpc) is 2.97. The van der Waals surface area contributed by atoms with E-state index in [4.69, 9.17) is 4.74 Å². The zero-order chi connectivity index (χ0) is 18.5. The van der Waals surface area contributed by atoms with Crippen LogP contribution < -0.4 is 10.1 Å². The minimum atomic E-state index is -0.105. The van der Waals surface area contributed by atoms with Crippen LogP contribution in [0.3, 0.4) is 0 Å². The molecule has 3 aromatic rings. The second-order valence-electron chi connectivity index (χ2n) is 6.01. The molecular formula is C20H20BrN3O2. The molecule has 0 saturated carbocycles. The normalized spacial score (nSPS) is 10.6. The van der Waals surface area contributed by atoms with Gasteiger partial charge < -0.3 is 10.1 Å². The van der Waals surface area contributed by atoms with E-state index in [9.17, 15) is 4.79 Å². The van der Waals surface area contributed by atoms with Crippen molar-refractivity contribution >= 4 is 21.8 Å². The first-order valence-corrected chi connectivity index (χ1v) is 9.06. The van der Waals surface area contributed by atoms with Crippen LogP contribution in [0.15, 0.2) is 59.2 Å². The molecule has 0 aliphatic heterocycles. The van der Waals surface area contributed by atoms with Crippen LogP contribution in [-0.2, 0) is 20.2 Å². The summed E-state index contributed by atoms with van der Waals surface area (Å²) in [5.74, 6) is 0.688. The van der Waals surface area contributed by atoms with Crippen molar-refractivity contribution in [2.75, 3.05) is 0 Å². The highest BCUT2D eigenvalue weighted by molar-refractivity contribution is 9.10. The number of aryl methyl sites for hydroxylation is 2. The van der Waals surface area contributed by atoms with Gasteiger partial charge >= 0.3 is 0 Å². The molecule has 0 aliphatic rings. The number of rotatable bonds is 6. The van der Waals surface area contributed by atoms with Gasteiger partial charge in [0.05, 0.1) is 10.2 Å². The Kier molecular flexibility index (Phi) is 5.73. The number of hydrogen-bond donors (Lipinski definition) is 1. The largest absolute Gasteiger partial charge is 0.488 e. The van der Waals surface area contributed by atoms with E-state index in [1.165, 1.54) is 0 Å². The van der Waals surface area contributed by atoms with Crippen LogP contribution in [0.25, 0.3) is 0 Å². The van der Waals surface area contributed by atoms with Crippen molar-refractivity contribution in [2.45, 2.75) is 20.1 Å². The van der Waals surface area contributed by atoms with E-state index in [0.29, 0.717) is 18.7 Å². The summed E-state index contributed by atoms with van der Waals surface area (Å²) < 4.78 is 8.45. The fraction of sp³-hybridized carbons (Fsp3) is 0.200. The monoisotopic (exact) mass is 413 g/mol. The highest BCUT2D eigenvalue weighted by Gasteiger charge is 2.08. The van der Waals surface area contributed by atoms with Gasteiger partial charge in [-0.05, 0) is 52.7 Å². The number of benzene rings is 2. The van der Waals surface area contributed by atoms with Crippen molar-refractivity contribution < 1.29 is 9.53 Å². The van der Waals surface area contributed by atoms with Crippen molar-refractivity contribution in [3.8, 4) is 5.75 Å². The van der Waals surface area contributed by atoms with Crippen LogP contribution in [0.5, 0.6) is 5.75 Å². The second kappa shape index (κ2) is 8.19. The molecule has 1 aromatic heterocycles. The van der Waals surface area contributed by atoms with Crippen LogP contribution in [0.2, 0.25) is 0 Å². The Hall–Kier alpha value is -2.60. The number of halogens is 1. The fourth-order valence-corrected chi connectivity index (χ4v) is 2.97. The van der Waals surface area contributed by atoms with Gasteiger partial charge in [-0.25, -0.2) is 0 Å². The molecule has 0 bridgehead atoms. The summed E-state index contributed by atoms with van der Waals surface area (Å²) in [6.45, 7) is 2.84. The van der Waals surface area contributed by atoms with Crippen LogP contribution in [0.4, 0.5) is 0 Å². The number of hydrogen-bond acceptors (Lipinski definition) is 3. The second-order valence-corrected chi connectivity index (χ2v) is 6.87. The van der Waals surface area contributed by atoms with Gasteiger partial charge in [-0.2, -0.15) is 5.10 Å². The molecule has 26 heavy (non-hydrogen) atoms. The standard InChI is InChI=1S/C20H20BrN3O2/c1-14-17(12-24(2)23-14)11-22-20(25)16-9-7-15(8-10-16)13-26-19-6-4-3-5-18(19)21/h3-10,12H,11,13H2,1-2H3,(H,22,25). The number of ether oxygens (including phenoxy) is 1. The Labute approximate surface area is 161 Å². The number of carbonyl (C=O) groups is 1. The maximum absolute atomic E-state index is 12.3. The molecule has 6 heteroatoms. The molecule has 1 N–H and O–H groups in total. The maximum Gasteiger partial charge on any atom is 0.251 e. The van der Waals surface area contributed by atoms with E-state index in [1.54, 1.807) is 4.68 Å². The first-order chi connectivity index (χ1) is 12.5. The van der Waals surface area contributed by atoms with Crippen LogP contribution in [0, 0.1) is 6.92 Å². The highest BCUT2D eigenvalue weighted by atomic mass is 79.9. The van der Waals surface area contributed by atoms with E-state index in [-0.39, 0.29) is 5.91 Å². The van der Waals surface area contributed by atoms with Crippen LogP contribution in [-0.4, -0.2) is 15.7 Å². The molecule has 1 heterocycles. The average molecular weight is 414 g/mol. The first kappa shape index (κ1) is 18.2. The van der Waals surface area contributed by atoms with E-state index in [1.807, 2.05) is 68.7 Å². The molecule has 3 rings (SSSR count). The van der Waals surface area contributed by atoms with E-state index in [2.05, 4.69) is 26.3 Å². The van der Waals surface area contributed by atoms with Crippen molar-refractivity contribution in [3.63, 3.8) is 0 Å². The summed E-state index contributed by atoms with van der Waals surface area (Å²) in [6, 6.07) is 15.1. The first-order valence-electron chi connectivity index (χ1n) is 8.26. The lowest BCUT2D eigenvalue weighted by Gasteiger charge is -2.09.